The molecule has 0 aliphatic carbocycles. The largest absolute Gasteiger partial charge is 0.353 e. The SMILES string of the molecule is C1=Nc2c([nH]c3ccccc23)-c2ccccc2N1. The molecule has 86 valence electrons. The highest BCUT2D eigenvalue weighted by Crippen LogP contribution is 2.40. The number of para-hydroxylation sites is 2. The number of H-pyrrole nitrogens is 1. The van der Waals surface area contributed by atoms with E-state index in [0.29, 0.717) is 0 Å². The molecule has 0 spiro atoms. The fraction of sp³-hybridized carbons (Fsp3) is 0. The highest BCUT2D eigenvalue weighted by molar-refractivity contribution is 6.05. The number of aliphatic imine (C=N–C) groups is 1. The molecule has 0 amide bonds. The lowest BCUT2D eigenvalue weighted by Crippen LogP contribution is -1.93. The second kappa shape index (κ2) is 3.47. The molecule has 0 atom stereocenters. The summed E-state index contributed by atoms with van der Waals surface area (Å²) in [5, 5.41) is 4.37. The van der Waals surface area contributed by atoms with Crippen LogP contribution in [0.2, 0.25) is 0 Å². The monoisotopic (exact) mass is 233 g/mol. The Morgan fingerprint density at radius 3 is 2.72 bits per heavy atom. The molecule has 18 heavy (non-hydrogen) atoms. The van der Waals surface area contributed by atoms with Gasteiger partial charge in [-0.05, 0) is 12.1 Å². The minimum atomic E-state index is 1.00. The summed E-state index contributed by atoms with van der Waals surface area (Å²) in [5.41, 5.74) is 5.43. The predicted molar refractivity (Wildman–Crippen MR) is 75.5 cm³/mol. The van der Waals surface area contributed by atoms with Crippen LogP contribution in [-0.4, -0.2) is 11.3 Å². The zero-order chi connectivity index (χ0) is 11.9. The fourth-order valence-electron chi connectivity index (χ4n) is 2.45. The molecule has 0 bridgehead atoms. The van der Waals surface area contributed by atoms with Gasteiger partial charge in [-0.1, -0.05) is 36.4 Å². The third-order valence-electron chi connectivity index (χ3n) is 3.29. The van der Waals surface area contributed by atoms with Gasteiger partial charge in [-0.15, -0.1) is 0 Å². The molecule has 2 aromatic carbocycles. The Bertz CT molecular complexity index is 768. The molecule has 0 saturated heterocycles. The third-order valence-corrected chi connectivity index (χ3v) is 3.29. The van der Waals surface area contributed by atoms with Gasteiger partial charge in [-0.2, -0.15) is 0 Å². The zero-order valence-electron chi connectivity index (χ0n) is 9.64. The molecule has 4 rings (SSSR count). The first kappa shape index (κ1) is 9.48. The second-order valence-corrected chi connectivity index (χ2v) is 4.34. The Labute approximate surface area is 104 Å². The van der Waals surface area contributed by atoms with Gasteiger partial charge in [0.25, 0.3) is 0 Å². The van der Waals surface area contributed by atoms with Gasteiger partial charge < -0.3 is 10.3 Å². The maximum Gasteiger partial charge on any atom is 0.0982 e. The third kappa shape index (κ3) is 1.21. The molecular formula is C15H11N3. The molecule has 3 heteroatoms. The van der Waals surface area contributed by atoms with Crippen molar-refractivity contribution in [1.82, 2.24) is 4.98 Å². The van der Waals surface area contributed by atoms with Crippen molar-refractivity contribution >= 4 is 28.6 Å². The Balaban J connectivity index is 2.14. The summed E-state index contributed by atoms with van der Waals surface area (Å²) in [6, 6.07) is 16.5. The number of nitrogens with zero attached hydrogens (tertiary/aromatic N) is 1. The molecule has 3 aromatic rings. The number of benzene rings is 2. The van der Waals surface area contributed by atoms with Crippen LogP contribution in [0.1, 0.15) is 0 Å². The Kier molecular flexibility index (Phi) is 1.83. The lowest BCUT2D eigenvalue weighted by atomic mass is 10.1. The summed E-state index contributed by atoms with van der Waals surface area (Å²) in [5.74, 6) is 0. The van der Waals surface area contributed by atoms with Gasteiger partial charge in [0.1, 0.15) is 0 Å². The molecule has 1 aliphatic heterocycles. The highest BCUT2D eigenvalue weighted by Gasteiger charge is 2.16. The van der Waals surface area contributed by atoms with Crippen molar-refractivity contribution in [2.24, 2.45) is 4.99 Å². The van der Waals surface area contributed by atoms with E-state index in [0.717, 1.165) is 33.5 Å². The Morgan fingerprint density at radius 1 is 0.889 bits per heavy atom. The lowest BCUT2D eigenvalue weighted by molar-refractivity contribution is 1.44. The summed E-state index contributed by atoms with van der Waals surface area (Å²) < 4.78 is 0. The second-order valence-electron chi connectivity index (χ2n) is 4.34. The van der Waals surface area contributed by atoms with E-state index in [1.54, 1.807) is 6.34 Å². The van der Waals surface area contributed by atoms with Gasteiger partial charge in [-0.25, -0.2) is 4.99 Å². The molecule has 1 aromatic heterocycles. The number of aromatic nitrogens is 1. The summed E-state index contributed by atoms with van der Waals surface area (Å²) in [7, 11) is 0. The Morgan fingerprint density at radius 2 is 1.72 bits per heavy atom. The van der Waals surface area contributed by atoms with E-state index in [1.807, 2.05) is 24.3 Å². The minimum absolute atomic E-state index is 1.00. The number of aromatic amines is 1. The van der Waals surface area contributed by atoms with Crippen molar-refractivity contribution in [2.45, 2.75) is 0 Å². The molecule has 0 saturated carbocycles. The number of rotatable bonds is 0. The molecule has 0 fully saturated rings. The molecule has 3 nitrogen and oxygen atoms in total. The standard InChI is InChI=1S/C15H11N3/c1-3-7-12-10(5-1)15-14(17-9-16-12)11-6-2-4-8-13(11)18-15/h1-9,18H,(H,16,17). The maximum atomic E-state index is 4.52. The van der Waals surface area contributed by atoms with Crippen LogP contribution < -0.4 is 5.32 Å². The van der Waals surface area contributed by atoms with E-state index in [-0.39, 0.29) is 0 Å². The van der Waals surface area contributed by atoms with Crippen molar-refractivity contribution in [1.29, 1.82) is 0 Å². The molecule has 2 heterocycles. The van der Waals surface area contributed by atoms with Crippen LogP contribution in [0.4, 0.5) is 11.4 Å². The highest BCUT2D eigenvalue weighted by atomic mass is 15.0. The van der Waals surface area contributed by atoms with Crippen molar-refractivity contribution < 1.29 is 0 Å². The Hall–Kier alpha value is -2.55. The van der Waals surface area contributed by atoms with Crippen molar-refractivity contribution in [2.75, 3.05) is 5.32 Å². The van der Waals surface area contributed by atoms with Crippen LogP contribution in [0.5, 0.6) is 0 Å². The van der Waals surface area contributed by atoms with Crippen molar-refractivity contribution in [3.63, 3.8) is 0 Å². The summed E-state index contributed by atoms with van der Waals surface area (Å²) >= 11 is 0. The zero-order valence-corrected chi connectivity index (χ0v) is 9.64. The number of anilines is 1. The van der Waals surface area contributed by atoms with Crippen LogP contribution in [-0.2, 0) is 0 Å². The topological polar surface area (TPSA) is 40.2 Å². The van der Waals surface area contributed by atoms with Crippen LogP contribution >= 0.6 is 0 Å². The average molecular weight is 233 g/mol. The van der Waals surface area contributed by atoms with E-state index in [1.165, 1.54) is 0 Å². The van der Waals surface area contributed by atoms with Crippen LogP contribution in [0.15, 0.2) is 53.5 Å². The lowest BCUT2D eigenvalue weighted by Gasteiger charge is -2.04. The van der Waals surface area contributed by atoms with Crippen molar-refractivity contribution in [3.8, 4) is 11.3 Å². The first-order valence-electron chi connectivity index (χ1n) is 5.93. The number of hydrogen-bond acceptors (Lipinski definition) is 2. The smallest absolute Gasteiger partial charge is 0.0982 e. The van der Waals surface area contributed by atoms with Gasteiger partial charge in [0.2, 0.25) is 0 Å². The molecule has 0 unspecified atom stereocenters. The number of fused-ring (bicyclic) bond motifs is 5. The van der Waals surface area contributed by atoms with Crippen LogP contribution in [0.3, 0.4) is 0 Å². The quantitative estimate of drug-likeness (QED) is 0.607. The van der Waals surface area contributed by atoms with E-state index >= 15 is 0 Å². The van der Waals surface area contributed by atoms with Gasteiger partial charge in [0.05, 0.1) is 17.7 Å². The predicted octanol–water partition coefficient (Wildman–Crippen LogP) is 3.92. The van der Waals surface area contributed by atoms with Gasteiger partial charge in [-0.3, -0.25) is 0 Å². The minimum Gasteiger partial charge on any atom is -0.353 e. The van der Waals surface area contributed by atoms with Crippen LogP contribution in [0.25, 0.3) is 22.2 Å². The van der Waals surface area contributed by atoms with E-state index < -0.39 is 0 Å². The number of hydrogen-bond donors (Lipinski definition) is 2. The van der Waals surface area contributed by atoms with E-state index in [2.05, 4.69) is 39.6 Å². The van der Waals surface area contributed by atoms with Gasteiger partial charge in [0.15, 0.2) is 0 Å². The summed E-state index contributed by atoms with van der Waals surface area (Å²) in [6.45, 7) is 0. The van der Waals surface area contributed by atoms with Crippen LogP contribution in [0, 0.1) is 0 Å². The van der Waals surface area contributed by atoms with E-state index in [4.69, 9.17) is 0 Å². The normalized spacial score (nSPS) is 12.7. The molecule has 2 N–H and O–H groups in total. The van der Waals surface area contributed by atoms with E-state index in [9.17, 15) is 0 Å². The molecule has 0 radical (unpaired) electrons. The first-order chi connectivity index (χ1) is 8.93. The van der Waals surface area contributed by atoms with Gasteiger partial charge >= 0.3 is 0 Å². The summed E-state index contributed by atoms with van der Waals surface area (Å²) in [6.07, 6.45) is 1.75. The number of nitrogens with one attached hydrogen (secondary N) is 2. The fourth-order valence-corrected chi connectivity index (χ4v) is 2.45. The maximum absolute atomic E-state index is 4.52. The molecular weight excluding hydrogens is 222 g/mol. The first-order valence-corrected chi connectivity index (χ1v) is 5.93. The van der Waals surface area contributed by atoms with Gasteiger partial charge in [0, 0.05) is 22.2 Å². The average Bonchev–Trinajstić information content (AvgIpc) is 2.69. The molecule has 1 aliphatic rings. The van der Waals surface area contributed by atoms with Crippen molar-refractivity contribution in [3.05, 3.63) is 48.5 Å². The summed E-state index contributed by atoms with van der Waals surface area (Å²) in [4.78, 5) is 7.98.